The molecule has 1 fully saturated rings. The van der Waals surface area contributed by atoms with Gasteiger partial charge < -0.3 is 4.90 Å². The van der Waals surface area contributed by atoms with Gasteiger partial charge in [0.15, 0.2) is 21.5 Å². The number of nitrogens with zero attached hydrogens (tertiary/aromatic N) is 1. The Hall–Kier alpha value is -1.50. The first-order valence-electron chi connectivity index (χ1n) is 6.31. The van der Waals surface area contributed by atoms with E-state index in [0.29, 0.717) is 6.42 Å². The summed E-state index contributed by atoms with van der Waals surface area (Å²) in [6, 6.07) is 2.92. The van der Waals surface area contributed by atoms with E-state index in [1.807, 2.05) is 0 Å². The Morgan fingerprint density at radius 1 is 1.40 bits per heavy atom. The Morgan fingerprint density at radius 2 is 2.10 bits per heavy atom. The molecule has 0 aromatic heterocycles. The van der Waals surface area contributed by atoms with Crippen molar-refractivity contribution in [3.8, 4) is 0 Å². The summed E-state index contributed by atoms with van der Waals surface area (Å²) in [7, 11) is -3.15. The molecule has 1 aromatic carbocycles. The number of hydrogen-bond donors (Lipinski definition) is 0. The molecular weight excluding hydrogens is 288 g/mol. The van der Waals surface area contributed by atoms with Crippen LogP contribution in [0.4, 0.5) is 8.78 Å². The molecule has 0 aliphatic carbocycles. The summed E-state index contributed by atoms with van der Waals surface area (Å²) in [5.41, 5.74) is -0.365. The topological polar surface area (TPSA) is 54.5 Å². The van der Waals surface area contributed by atoms with E-state index in [1.54, 1.807) is 6.92 Å². The second kappa shape index (κ2) is 5.47. The fourth-order valence-corrected chi connectivity index (χ4v) is 4.14. The largest absolute Gasteiger partial charge is 0.335 e. The zero-order valence-corrected chi connectivity index (χ0v) is 11.8. The average Bonchev–Trinajstić information content (AvgIpc) is 2.74. The number of carbonyl (C=O) groups is 1. The lowest BCUT2D eigenvalue weighted by Gasteiger charge is -2.27. The van der Waals surface area contributed by atoms with Crippen molar-refractivity contribution in [1.82, 2.24) is 4.90 Å². The van der Waals surface area contributed by atoms with Gasteiger partial charge in [0.1, 0.15) is 0 Å². The van der Waals surface area contributed by atoms with Crippen molar-refractivity contribution in [2.75, 3.05) is 18.1 Å². The molecule has 1 saturated heterocycles. The van der Waals surface area contributed by atoms with Crippen molar-refractivity contribution in [1.29, 1.82) is 0 Å². The third-order valence-corrected chi connectivity index (χ3v) is 5.18. The van der Waals surface area contributed by atoms with Gasteiger partial charge in [0.05, 0.1) is 17.1 Å². The molecule has 0 saturated carbocycles. The molecule has 1 unspecified atom stereocenters. The first kappa shape index (κ1) is 14.9. The summed E-state index contributed by atoms with van der Waals surface area (Å²) in [6.07, 6.45) is 0.332. The van der Waals surface area contributed by atoms with Gasteiger partial charge in [0.25, 0.3) is 5.91 Å². The van der Waals surface area contributed by atoms with Crippen molar-refractivity contribution in [3.63, 3.8) is 0 Å². The van der Waals surface area contributed by atoms with E-state index < -0.39 is 33.4 Å². The number of amides is 1. The fourth-order valence-electron chi connectivity index (χ4n) is 2.41. The van der Waals surface area contributed by atoms with Gasteiger partial charge in [0.2, 0.25) is 0 Å². The highest BCUT2D eigenvalue weighted by Gasteiger charge is 2.35. The number of halogens is 2. The smallest absolute Gasteiger partial charge is 0.257 e. The van der Waals surface area contributed by atoms with E-state index in [-0.39, 0.29) is 23.6 Å². The van der Waals surface area contributed by atoms with Crippen LogP contribution in [-0.2, 0) is 9.84 Å². The molecule has 0 bridgehead atoms. The Labute approximate surface area is 116 Å². The van der Waals surface area contributed by atoms with E-state index in [0.717, 1.165) is 6.07 Å². The summed E-state index contributed by atoms with van der Waals surface area (Å²) in [6.45, 7) is 1.93. The quantitative estimate of drug-likeness (QED) is 0.852. The summed E-state index contributed by atoms with van der Waals surface area (Å²) in [5.74, 6) is -3.06. The van der Waals surface area contributed by atoms with Crippen LogP contribution in [0.15, 0.2) is 18.2 Å². The van der Waals surface area contributed by atoms with Gasteiger partial charge in [-0.25, -0.2) is 17.2 Å². The molecule has 1 atom stereocenters. The van der Waals surface area contributed by atoms with E-state index in [2.05, 4.69) is 0 Å². The van der Waals surface area contributed by atoms with E-state index in [9.17, 15) is 22.0 Å². The summed E-state index contributed by atoms with van der Waals surface area (Å²) in [4.78, 5) is 13.6. The molecule has 20 heavy (non-hydrogen) atoms. The Kier molecular flexibility index (Phi) is 4.08. The maximum atomic E-state index is 13.6. The first-order valence-corrected chi connectivity index (χ1v) is 8.13. The lowest BCUT2D eigenvalue weighted by atomic mass is 10.1. The van der Waals surface area contributed by atoms with Gasteiger partial charge >= 0.3 is 0 Å². The second-order valence-corrected chi connectivity index (χ2v) is 6.98. The van der Waals surface area contributed by atoms with Gasteiger partial charge in [-0.05, 0) is 25.5 Å². The summed E-state index contributed by atoms with van der Waals surface area (Å²) >= 11 is 0. The highest BCUT2D eigenvalue weighted by atomic mass is 32.2. The van der Waals surface area contributed by atoms with Gasteiger partial charge in [-0.2, -0.15) is 0 Å². The minimum atomic E-state index is -3.15. The van der Waals surface area contributed by atoms with Crippen molar-refractivity contribution in [2.24, 2.45) is 0 Å². The maximum absolute atomic E-state index is 13.6. The minimum Gasteiger partial charge on any atom is -0.335 e. The normalized spacial score (nSPS) is 20.9. The molecule has 2 rings (SSSR count). The van der Waals surface area contributed by atoms with Crippen LogP contribution in [0, 0.1) is 11.6 Å². The lowest BCUT2D eigenvalue weighted by Crippen LogP contribution is -2.41. The highest BCUT2D eigenvalue weighted by Crippen LogP contribution is 2.21. The lowest BCUT2D eigenvalue weighted by molar-refractivity contribution is 0.0702. The van der Waals surface area contributed by atoms with Crippen LogP contribution < -0.4 is 0 Å². The maximum Gasteiger partial charge on any atom is 0.257 e. The van der Waals surface area contributed by atoms with Crippen LogP contribution in [0.25, 0.3) is 0 Å². The monoisotopic (exact) mass is 303 g/mol. The first-order chi connectivity index (χ1) is 9.35. The van der Waals surface area contributed by atoms with E-state index in [4.69, 9.17) is 0 Å². The molecule has 4 nitrogen and oxygen atoms in total. The predicted molar refractivity (Wildman–Crippen MR) is 70.1 cm³/mol. The van der Waals surface area contributed by atoms with Crippen LogP contribution in [0.5, 0.6) is 0 Å². The molecule has 1 aliphatic heterocycles. The van der Waals surface area contributed by atoms with Crippen LogP contribution in [-0.4, -0.2) is 43.3 Å². The van der Waals surface area contributed by atoms with Gasteiger partial charge in [0, 0.05) is 12.6 Å². The third-order valence-electron chi connectivity index (χ3n) is 3.43. The average molecular weight is 303 g/mol. The molecule has 0 N–H and O–H groups in total. The molecular formula is C13H15F2NO3S. The fraction of sp³-hybridized carbons (Fsp3) is 0.462. The van der Waals surface area contributed by atoms with Crippen molar-refractivity contribution < 1.29 is 22.0 Å². The Bertz CT molecular complexity index is 631. The van der Waals surface area contributed by atoms with E-state index in [1.165, 1.54) is 17.0 Å². The SMILES string of the molecule is CCN(C(=O)c1cccc(F)c1F)C1CCS(=O)(=O)C1. The number of rotatable bonds is 3. The predicted octanol–water partition coefficient (Wildman–Crippen LogP) is 1.61. The number of hydrogen-bond acceptors (Lipinski definition) is 3. The molecule has 1 amide bonds. The number of benzene rings is 1. The van der Waals surface area contributed by atoms with Gasteiger partial charge in [-0.3, -0.25) is 4.79 Å². The van der Waals surface area contributed by atoms with Gasteiger partial charge in [-0.1, -0.05) is 6.07 Å². The van der Waals surface area contributed by atoms with Crippen molar-refractivity contribution in [3.05, 3.63) is 35.4 Å². The summed E-state index contributed by atoms with van der Waals surface area (Å²) in [5, 5.41) is 0. The minimum absolute atomic E-state index is 0.0209. The van der Waals surface area contributed by atoms with Gasteiger partial charge in [-0.15, -0.1) is 0 Å². The third kappa shape index (κ3) is 2.82. The number of sulfone groups is 1. The van der Waals surface area contributed by atoms with Crippen molar-refractivity contribution in [2.45, 2.75) is 19.4 Å². The molecule has 1 aliphatic rings. The number of carbonyl (C=O) groups excluding carboxylic acids is 1. The Morgan fingerprint density at radius 3 is 2.65 bits per heavy atom. The molecule has 7 heteroatoms. The molecule has 1 heterocycles. The molecule has 0 radical (unpaired) electrons. The zero-order valence-electron chi connectivity index (χ0n) is 11.0. The van der Waals surface area contributed by atoms with E-state index >= 15 is 0 Å². The Balaban J connectivity index is 2.28. The van der Waals surface area contributed by atoms with Crippen LogP contribution >= 0.6 is 0 Å². The van der Waals surface area contributed by atoms with Crippen LogP contribution in [0.2, 0.25) is 0 Å². The zero-order chi connectivity index (χ0) is 14.9. The summed E-state index contributed by atoms with van der Waals surface area (Å²) < 4.78 is 49.8. The van der Waals surface area contributed by atoms with Crippen molar-refractivity contribution >= 4 is 15.7 Å². The van der Waals surface area contributed by atoms with Crippen LogP contribution in [0.3, 0.4) is 0 Å². The second-order valence-electron chi connectivity index (χ2n) is 4.75. The van der Waals surface area contributed by atoms with Crippen LogP contribution in [0.1, 0.15) is 23.7 Å². The molecule has 1 aromatic rings. The molecule has 110 valence electrons. The molecule has 0 spiro atoms. The highest BCUT2D eigenvalue weighted by molar-refractivity contribution is 7.91. The standard InChI is InChI=1S/C13H15F2NO3S/c1-2-16(9-6-7-20(18,19)8-9)13(17)10-4-3-5-11(14)12(10)15/h3-5,9H,2,6-8H2,1H3.